The van der Waals surface area contributed by atoms with Crippen LogP contribution in [0.1, 0.15) is 10.4 Å². The molecule has 0 bridgehead atoms. The number of amides is 1. The minimum atomic E-state index is -0.542. The van der Waals surface area contributed by atoms with Crippen molar-refractivity contribution in [2.45, 2.75) is 0 Å². The Balaban J connectivity index is 1.93. The standard InChI is InChI=1S/C22H13Cl2FN2O2/c23-14-10-13-11-16(21(28)26-15-6-2-1-3-7-15)22(29-20(13)17(24)12-14)27-19-9-5-4-8-18(19)25/h1-12H,(H,26,28). The van der Waals surface area contributed by atoms with Crippen LogP contribution in [0.4, 0.5) is 15.8 Å². The van der Waals surface area contributed by atoms with Gasteiger partial charge in [-0.05, 0) is 42.5 Å². The van der Waals surface area contributed by atoms with Crippen molar-refractivity contribution in [2.75, 3.05) is 5.32 Å². The summed E-state index contributed by atoms with van der Waals surface area (Å²) >= 11 is 12.3. The maximum absolute atomic E-state index is 14.1. The Morgan fingerprint density at radius 2 is 1.69 bits per heavy atom. The molecule has 0 saturated carbocycles. The van der Waals surface area contributed by atoms with Crippen molar-refractivity contribution in [3.63, 3.8) is 0 Å². The first kappa shape index (κ1) is 19.2. The van der Waals surface area contributed by atoms with Gasteiger partial charge in [-0.1, -0.05) is 53.5 Å². The van der Waals surface area contributed by atoms with E-state index < -0.39 is 11.7 Å². The summed E-state index contributed by atoms with van der Waals surface area (Å²) in [6, 6.07) is 19.6. The van der Waals surface area contributed by atoms with Gasteiger partial charge in [-0.25, -0.2) is 9.38 Å². The topological polar surface area (TPSA) is 54.6 Å². The molecule has 0 aliphatic rings. The van der Waals surface area contributed by atoms with E-state index in [9.17, 15) is 9.18 Å². The number of fused-ring (bicyclic) bond motifs is 1. The third kappa shape index (κ3) is 4.16. The van der Waals surface area contributed by atoms with Gasteiger partial charge < -0.3 is 9.73 Å². The molecular formula is C22H13Cl2FN2O2. The normalized spacial score (nSPS) is 11.6. The second-order valence-electron chi connectivity index (χ2n) is 6.15. The molecule has 1 heterocycles. The first-order valence-corrected chi connectivity index (χ1v) is 9.35. The fraction of sp³-hybridized carbons (Fsp3) is 0. The smallest absolute Gasteiger partial charge is 0.261 e. The Morgan fingerprint density at radius 1 is 0.966 bits per heavy atom. The van der Waals surface area contributed by atoms with E-state index in [1.165, 1.54) is 18.2 Å². The lowest BCUT2D eigenvalue weighted by atomic mass is 10.1. The second kappa shape index (κ2) is 8.07. The maximum atomic E-state index is 14.1. The van der Waals surface area contributed by atoms with Crippen LogP contribution in [-0.2, 0) is 0 Å². The molecule has 0 radical (unpaired) electrons. The van der Waals surface area contributed by atoms with E-state index in [0.717, 1.165) is 0 Å². The molecule has 1 aromatic heterocycles. The highest BCUT2D eigenvalue weighted by Crippen LogP contribution is 2.28. The van der Waals surface area contributed by atoms with E-state index in [0.29, 0.717) is 21.7 Å². The van der Waals surface area contributed by atoms with Gasteiger partial charge in [0.2, 0.25) is 5.55 Å². The summed E-state index contributed by atoms with van der Waals surface area (Å²) in [6.07, 6.45) is 0. The van der Waals surface area contributed by atoms with Crippen molar-refractivity contribution >= 4 is 51.5 Å². The second-order valence-corrected chi connectivity index (χ2v) is 7.00. The number of nitrogens with one attached hydrogen (secondary N) is 1. The molecule has 29 heavy (non-hydrogen) atoms. The summed E-state index contributed by atoms with van der Waals surface area (Å²) in [5, 5.41) is 3.95. The molecule has 0 unspecified atom stereocenters. The zero-order chi connectivity index (χ0) is 20.4. The fourth-order valence-corrected chi connectivity index (χ4v) is 3.33. The number of nitrogens with zero attached hydrogens (tertiary/aromatic N) is 1. The molecule has 0 saturated heterocycles. The van der Waals surface area contributed by atoms with Crippen molar-refractivity contribution in [1.82, 2.24) is 0 Å². The van der Waals surface area contributed by atoms with Gasteiger partial charge in [0.1, 0.15) is 17.1 Å². The van der Waals surface area contributed by atoms with Crippen LogP contribution >= 0.6 is 23.2 Å². The van der Waals surface area contributed by atoms with E-state index >= 15 is 0 Å². The van der Waals surface area contributed by atoms with Crippen molar-refractivity contribution in [2.24, 2.45) is 4.99 Å². The van der Waals surface area contributed by atoms with Crippen LogP contribution in [0, 0.1) is 5.82 Å². The van der Waals surface area contributed by atoms with Gasteiger partial charge in [0.15, 0.2) is 5.58 Å². The van der Waals surface area contributed by atoms with Gasteiger partial charge in [0.05, 0.1) is 5.02 Å². The quantitative estimate of drug-likeness (QED) is 0.414. The molecule has 1 amide bonds. The molecular weight excluding hydrogens is 414 g/mol. The highest BCUT2D eigenvalue weighted by atomic mass is 35.5. The highest BCUT2D eigenvalue weighted by molar-refractivity contribution is 6.38. The number of anilines is 1. The monoisotopic (exact) mass is 426 g/mol. The number of carbonyl (C=O) groups excluding carboxylic acids is 1. The molecule has 7 heteroatoms. The zero-order valence-electron chi connectivity index (χ0n) is 14.8. The van der Waals surface area contributed by atoms with Crippen LogP contribution in [0.3, 0.4) is 0 Å². The van der Waals surface area contributed by atoms with E-state index in [4.69, 9.17) is 27.6 Å². The number of hydrogen-bond donors (Lipinski definition) is 1. The minimum Gasteiger partial charge on any atom is -0.436 e. The summed E-state index contributed by atoms with van der Waals surface area (Å²) in [4.78, 5) is 17.2. The first-order chi connectivity index (χ1) is 14.0. The van der Waals surface area contributed by atoms with Gasteiger partial charge in [-0.2, -0.15) is 0 Å². The summed E-state index contributed by atoms with van der Waals surface area (Å²) in [5.74, 6) is -1.01. The molecule has 0 aliphatic carbocycles. The maximum Gasteiger partial charge on any atom is 0.261 e. The third-order valence-corrected chi connectivity index (χ3v) is 4.62. The molecule has 0 atom stereocenters. The molecule has 144 valence electrons. The van der Waals surface area contributed by atoms with Crippen LogP contribution in [0.2, 0.25) is 10.0 Å². The molecule has 0 spiro atoms. The molecule has 0 fully saturated rings. The van der Waals surface area contributed by atoms with E-state index in [1.54, 1.807) is 48.5 Å². The van der Waals surface area contributed by atoms with Crippen molar-refractivity contribution < 1.29 is 13.6 Å². The van der Waals surface area contributed by atoms with E-state index in [2.05, 4.69) is 10.3 Å². The van der Waals surface area contributed by atoms with Gasteiger partial charge in [-0.15, -0.1) is 0 Å². The van der Waals surface area contributed by atoms with Crippen LogP contribution < -0.4 is 10.9 Å². The van der Waals surface area contributed by atoms with Crippen molar-refractivity contribution in [3.8, 4) is 0 Å². The van der Waals surface area contributed by atoms with Crippen LogP contribution in [0.25, 0.3) is 11.0 Å². The number of para-hydroxylation sites is 2. The Morgan fingerprint density at radius 3 is 2.45 bits per heavy atom. The Hall–Kier alpha value is -3.15. The largest absolute Gasteiger partial charge is 0.436 e. The van der Waals surface area contributed by atoms with Gasteiger partial charge >= 0.3 is 0 Å². The summed E-state index contributed by atoms with van der Waals surface area (Å²) in [5.41, 5.74) is 0.971. The van der Waals surface area contributed by atoms with Crippen LogP contribution in [-0.4, -0.2) is 5.91 Å². The summed E-state index contributed by atoms with van der Waals surface area (Å²) in [6.45, 7) is 0. The molecule has 0 aliphatic heterocycles. The predicted octanol–water partition coefficient (Wildman–Crippen LogP) is 6.36. The average molecular weight is 427 g/mol. The Labute approximate surface area is 175 Å². The Bertz CT molecular complexity index is 1290. The van der Waals surface area contributed by atoms with Gasteiger partial charge in [-0.3, -0.25) is 4.79 Å². The van der Waals surface area contributed by atoms with E-state index in [1.807, 2.05) is 6.07 Å². The SMILES string of the molecule is O=C(Nc1ccccc1)c1cc2cc(Cl)cc(Cl)c2oc1=Nc1ccccc1F. The predicted molar refractivity (Wildman–Crippen MR) is 112 cm³/mol. The fourth-order valence-electron chi connectivity index (χ4n) is 2.78. The number of hydrogen-bond acceptors (Lipinski definition) is 3. The highest BCUT2D eigenvalue weighted by Gasteiger charge is 2.15. The first-order valence-electron chi connectivity index (χ1n) is 8.60. The molecule has 1 N–H and O–H groups in total. The van der Waals surface area contributed by atoms with Gasteiger partial charge in [0, 0.05) is 16.1 Å². The number of rotatable bonds is 3. The number of benzene rings is 3. The molecule has 4 rings (SSSR count). The Kier molecular flexibility index (Phi) is 5.34. The lowest BCUT2D eigenvalue weighted by Gasteiger charge is -2.08. The van der Waals surface area contributed by atoms with Crippen LogP contribution in [0.15, 0.2) is 82.2 Å². The number of halogens is 3. The van der Waals surface area contributed by atoms with Crippen LogP contribution in [0.5, 0.6) is 0 Å². The molecule has 4 nitrogen and oxygen atoms in total. The van der Waals surface area contributed by atoms with E-state index in [-0.39, 0.29) is 21.8 Å². The van der Waals surface area contributed by atoms with Crippen molar-refractivity contribution in [1.29, 1.82) is 0 Å². The average Bonchev–Trinajstić information content (AvgIpc) is 2.70. The van der Waals surface area contributed by atoms with Gasteiger partial charge in [0.25, 0.3) is 5.91 Å². The molecule has 4 aromatic rings. The zero-order valence-corrected chi connectivity index (χ0v) is 16.3. The lowest BCUT2D eigenvalue weighted by molar-refractivity contribution is 0.102. The summed E-state index contributed by atoms with van der Waals surface area (Å²) in [7, 11) is 0. The minimum absolute atomic E-state index is 0.0365. The summed E-state index contributed by atoms with van der Waals surface area (Å²) < 4.78 is 19.9. The third-order valence-electron chi connectivity index (χ3n) is 4.12. The number of carbonyl (C=O) groups is 1. The van der Waals surface area contributed by atoms with Crippen molar-refractivity contribution in [3.05, 3.63) is 99.8 Å². The molecule has 3 aromatic carbocycles. The lowest BCUT2D eigenvalue weighted by Crippen LogP contribution is -2.21.